The minimum atomic E-state index is -1.17. The monoisotopic (exact) mass is 241 g/mol. The van der Waals surface area contributed by atoms with Crippen LogP contribution in [-0.2, 0) is 0 Å². The van der Waals surface area contributed by atoms with Crippen LogP contribution in [0.25, 0.3) is 0 Å². The second-order valence-electron chi connectivity index (χ2n) is 4.39. The third-order valence-corrected chi connectivity index (χ3v) is 3.19. The van der Waals surface area contributed by atoms with Crippen LogP contribution < -0.4 is 10.1 Å². The van der Waals surface area contributed by atoms with E-state index in [9.17, 15) is 8.78 Å². The van der Waals surface area contributed by atoms with Crippen LogP contribution in [0.2, 0.25) is 0 Å². The van der Waals surface area contributed by atoms with Crippen LogP contribution in [0.4, 0.5) is 8.78 Å². The number of benzene rings is 1. The van der Waals surface area contributed by atoms with Crippen LogP contribution in [0.15, 0.2) is 12.1 Å². The van der Waals surface area contributed by atoms with E-state index in [2.05, 4.69) is 5.32 Å². The van der Waals surface area contributed by atoms with Gasteiger partial charge in [0, 0.05) is 11.6 Å². The maximum absolute atomic E-state index is 13.8. The van der Waals surface area contributed by atoms with Crippen LogP contribution in [0.1, 0.15) is 43.1 Å². The largest absolute Gasteiger partial charge is 0.493 e. The summed E-state index contributed by atoms with van der Waals surface area (Å²) in [5, 5.41) is 3.27. The van der Waals surface area contributed by atoms with Crippen LogP contribution in [0.5, 0.6) is 5.75 Å². The summed E-state index contributed by atoms with van der Waals surface area (Å²) in [5.74, 6) is -0.257. The molecule has 0 radical (unpaired) electrons. The molecule has 2 unspecified atom stereocenters. The first-order valence-electron chi connectivity index (χ1n) is 5.88. The van der Waals surface area contributed by atoms with Gasteiger partial charge >= 0.3 is 0 Å². The number of rotatable bonds is 3. The second-order valence-corrected chi connectivity index (χ2v) is 4.39. The van der Waals surface area contributed by atoms with Gasteiger partial charge in [-0.15, -0.1) is 0 Å². The van der Waals surface area contributed by atoms with Crippen LogP contribution >= 0.6 is 0 Å². The van der Waals surface area contributed by atoms with E-state index in [4.69, 9.17) is 4.74 Å². The molecule has 0 bridgehead atoms. The van der Waals surface area contributed by atoms with Gasteiger partial charge in [0.05, 0.1) is 7.11 Å². The van der Waals surface area contributed by atoms with Crippen molar-refractivity contribution in [3.8, 4) is 5.75 Å². The summed E-state index contributed by atoms with van der Waals surface area (Å²) >= 11 is 0. The highest BCUT2D eigenvalue weighted by molar-refractivity contribution is 5.42. The molecule has 0 aliphatic carbocycles. The summed E-state index contributed by atoms with van der Waals surface area (Å²) in [7, 11) is 1.44. The van der Waals surface area contributed by atoms with E-state index in [0.29, 0.717) is 5.56 Å². The third-order valence-electron chi connectivity index (χ3n) is 3.19. The summed E-state index contributed by atoms with van der Waals surface area (Å²) in [4.78, 5) is 0. The van der Waals surface area contributed by atoms with Crippen molar-refractivity contribution in [1.29, 1.82) is 0 Å². The molecule has 4 heteroatoms. The molecule has 1 heterocycles. The zero-order chi connectivity index (χ0) is 12.4. The minimum Gasteiger partial charge on any atom is -0.493 e. The van der Waals surface area contributed by atoms with Crippen LogP contribution in [-0.4, -0.2) is 13.7 Å². The molecule has 1 aliphatic rings. The van der Waals surface area contributed by atoms with Gasteiger partial charge in [-0.05, 0) is 44.0 Å². The molecule has 0 spiro atoms. The summed E-state index contributed by atoms with van der Waals surface area (Å²) in [6, 6.07) is 2.98. The molecule has 0 amide bonds. The van der Waals surface area contributed by atoms with Crippen LogP contribution in [0, 0.1) is 5.82 Å². The quantitative estimate of drug-likeness (QED) is 0.876. The van der Waals surface area contributed by atoms with E-state index in [-0.39, 0.29) is 11.8 Å². The normalized spacial score (nSPS) is 21.5. The van der Waals surface area contributed by atoms with E-state index in [1.54, 1.807) is 6.07 Å². The highest BCUT2D eigenvalue weighted by Gasteiger charge is 2.23. The number of hydrogen-bond acceptors (Lipinski definition) is 2. The molecule has 2 rings (SSSR count). The summed E-state index contributed by atoms with van der Waals surface area (Å²) in [6.45, 7) is 2.32. The number of ether oxygens (including phenoxy) is 1. The van der Waals surface area contributed by atoms with E-state index in [1.807, 2.05) is 0 Å². The molecule has 2 nitrogen and oxygen atoms in total. The topological polar surface area (TPSA) is 21.3 Å². The first-order valence-corrected chi connectivity index (χ1v) is 5.88. The molecule has 1 aromatic carbocycles. The Morgan fingerprint density at radius 2 is 2.24 bits per heavy atom. The number of halogens is 2. The Balaban J connectivity index is 2.45. The van der Waals surface area contributed by atoms with Crippen molar-refractivity contribution in [2.75, 3.05) is 13.7 Å². The Bertz CT molecular complexity index is 401. The lowest BCUT2D eigenvalue weighted by molar-refractivity contribution is 0.359. The van der Waals surface area contributed by atoms with E-state index < -0.39 is 12.0 Å². The van der Waals surface area contributed by atoms with E-state index in [0.717, 1.165) is 24.9 Å². The van der Waals surface area contributed by atoms with E-state index >= 15 is 0 Å². The first-order chi connectivity index (χ1) is 8.13. The Morgan fingerprint density at radius 1 is 1.47 bits per heavy atom. The fourth-order valence-electron chi connectivity index (χ4n) is 2.29. The van der Waals surface area contributed by atoms with Crippen molar-refractivity contribution in [3.63, 3.8) is 0 Å². The molecule has 0 aromatic heterocycles. The molecule has 1 N–H and O–H groups in total. The number of methoxy groups -OCH3 is 1. The fraction of sp³-hybridized carbons (Fsp3) is 0.538. The minimum absolute atomic E-state index is 0.0677. The predicted octanol–water partition coefficient (Wildman–Crippen LogP) is 3.29. The van der Waals surface area contributed by atoms with Crippen molar-refractivity contribution in [2.24, 2.45) is 0 Å². The average Bonchev–Trinajstić information content (AvgIpc) is 2.81. The van der Waals surface area contributed by atoms with Crippen molar-refractivity contribution in [3.05, 3.63) is 29.1 Å². The van der Waals surface area contributed by atoms with Gasteiger partial charge in [0.1, 0.15) is 6.17 Å². The number of alkyl halides is 1. The Morgan fingerprint density at radius 3 is 2.76 bits per heavy atom. The summed E-state index contributed by atoms with van der Waals surface area (Å²) < 4.78 is 32.2. The molecule has 0 saturated carbocycles. The molecule has 1 saturated heterocycles. The lowest BCUT2D eigenvalue weighted by Crippen LogP contribution is -2.15. The maximum atomic E-state index is 13.8. The lowest BCUT2D eigenvalue weighted by Gasteiger charge is -2.17. The van der Waals surface area contributed by atoms with E-state index in [1.165, 1.54) is 20.1 Å². The van der Waals surface area contributed by atoms with Gasteiger partial charge in [0.25, 0.3) is 0 Å². The SMILES string of the molecule is COc1c(F)cc(C(C)F)cc1C1CCCN1. The van der Waals surface area contributed by atoms with Crippen molar-refractivity contribution in [1.82, 2.24) is 5.32 Å². The molecule has 1 aromatic rings. The highest BCUT2D eigenvalue weighted by atomic mass is 19.1. The molecule has 2 atom stereocenters. The smallest absolute Gasteiger partial charge is 0.165 e. The molecule has 1 fully saturated rings. The Labute approximate surface area is 100.0 Å². The zero-order valence-electron chi connectivity index (χ0n) is 10.1. The van der Waals surface area contributed by atoms with Gasteiger partial charge in [0.2, 0.25) is 0 Å². The maximum Gasteiger partial charge on any atom is 0.165 e. The van der Waals surface area contributed by atoms with Gasteiger partial charge in [0.15, 0.2) is 11.6 Å². The zero-order valence-corrected chi connectivity index (χ0v) is 10.1. The standard InChI is InChI=1S/C13H17F2NO/c1-8(14)9-6-10(12-4-3-5-16-12)13(17-2)11(15)7-9/h6-8,12,16H,3-5H2,1-2H3. The van der Waals surface area contributed by atoms with Gasteiger partial charge in [-0.2, -0.15) is 0 Å². The first kappa shape index (κ1) is 12.3. The summed E-state index contributed by atoms with van der Waals surface area (Å²) in [5.41, 5.74) is 1.09. The molecular formula is C13H17F2NO. The number of hydrogen-bond donors (Lipinski definition) is 1. The summed E-state index contributed by atoms with van der Waals surface area (Å²) in [6.07, 6.45) is 0.806. The van der Waals surface area contributed by atoms with Gasteiger partial charge in [-0.3, -0.25) is 0 Å². The molecule has 1 aliphatic heterocycles. The second kappa shape index (κ2) is 5.00. The third kappa shape index (κ3) is 2.41. The number of nitrogens with one attached hydrogen (secondary N) is 1. The van der Waals surface area contributed by atoms with Crippen molar-refractivity contribution in [2.45, 2.75) is 32.0 Å². The van der Waals surface area contributed by atoms with Gasteiger partial charge < -0.3 is 10.1 Å². The Hall–Kier alpha value is -1.16. The predicted molar refractivity (Wildman–Crippen MR) is 62.5 cm³/mol. The average molecular weight is 241 g/mol. The van der Waals surface area contributed by atoms with Crippen LogP contribution in [0.3, 0.4) is 0 Å². The lowest BCUT2D eigenvalue weighted by atomic mass is 9.99. The van der Waals surface area contributed by atoms with Crippen molar-refractivity contribution < 1.29 is 13.5 Å². The fourth-order valence-corrected chi connectivity index (χ4v) is 2.29. The molecular weight excluding hydrogens is 224 g/mol. The Kier molecular flexibility index (Phi) is 3.62. The molecule has 17 heavy (non-hydrogen) atoms. The van der Waals surface area contributed by atoms with Crippen molar-refractivity contribution >= 4 is 0 Å². The van der Waals surface area contributed by atoms with Gasteiger partial charge in [-0.1, -0.05) is 0 Å². The molecule has 94 valence electrons. The van der Waals surface area contributed by atoms with Gasteiger partial charge in [-0.25, -0.2) is 8.78 Å². The highest BCUT2D eigenvalue weighted by Crippen LogP contribution is 2.35.